The second-order valence-corrected chi connectivity index (χ2v) is 4.68. The van der Waals surface area contributed by atoms with E-state index in [-0.39, 0.29) is 5.41 Å². The van der Waals surface area contributed by atoms with Gasteiger partial charge in [-0.05, 0) is 44.0 Å². The fourth-order valence-electron chi connectivity index (χ4n) is 1.75. The highest BCUT2D eigenvalue weighted by molar-refractivity contribution is 5.41. The van der Waals surface area contributed by atoms with Gasteiger partial charge in [0.1, 0.15) is 0 Å². The first-order chi connectivity index (χ1) is 7.07. The van der Waals surface area contributed by atoms with Crippen LogP contribution in [0.4, 0.5) is 0 Å². The molecule has 1 aromatic rings. The van der Waals surface area contributed by atoms with Crippen molar-refractivity contribution in [3.05, 3.63) is 34.9 Å². The molecule has 2 rings (SSSR count). The molecule has 0 unspecified atom stereocenters. The van der Waals surface area contributed by atoms with Crippen LogP contribution in [0.2, 0.25) is 0 Å². The first kappa shape index (κ1) is 10.3. The zero-order valence-electron chi connectivity index (χ0n) is 9.55. The fourth-order valence-corrected chi connectivity index (χ4v) is 1.75. The Morgan fingerprint density at radius 2 is 1.73 bits per heavy atom. The summed E-state index contributed by atoms with van der Waals surface area (Å²) in [5.41, 5.74) is 3.74. The Hall–Kier alpha value is -1.26. The van der Waals surface area contributed by atoms with E-state index in [0.717, 1.165) is 18.8 Å². The van der Waals surface area contributed by atoms with Crippen molar-refractivity contribution in [2.24, 2.45) is 5.41 Å². The maximum atomic E-state index is 5.17. The Balaban J connectivity index is 2.23. The van der Waals surface area contributed by atoms with Gasteiger partial charge in [-0.25, -0.2) is 0 Å². The molecular weight excluding hydrogens is 184 g/mol. The Kier molecular flexibility index (Phi) is 2.54. The Bertz CT molecular complexity index is 410. The molecule has 1 heteroatoms. The van der Waals surface area contributed by atoms with Crippen molar-refractivity contribution >= 4 is 0 Å². The van der Waals surface area contributed by atoms with Crippen molar-refractivity contribution < 1.29 is 4.74 Å². The summed E-state index contributed by atoms with van der Waals surface area (Å²) in [7, 11) is 0. The highest BCUT2D eigenvalue weighted by atomic mass is 16.5. The molecule has 0 radical (unpaired) electrons. The first-order valence-corrected chi connectivity index (χ1v) is 5.27. The molecule has 15 heavy (non-hydrogen) atoms. The molecule has 1 aromatic carbocycles. The SMILES string of the molecule is Cc1cc(C)cc(C#CC2(C)COC2)c1. The van der Waals surface area contributed by atoms with Crippen LogP contribution in [0.15, 0.2) is 18.2 Å². The molecule has 1 aliphatic heterocycles. The highest BCUT2D eigenvalue weighted by Gasteiger charge is 2.30. The summed E-state index contributed by atoms with van der Waals surface area (Å²) in [6, 6.07) is 6.42. The number of ether oxygens (including phenoxy) is 1. The lowest BCUT2D eigenvalue weighted by atomic mass is 9.89. The third kappa shape index (κ3) is 2.40. The second-order valence-electron chi connectivity index (χ2n) is 4.68. The van der Waals surface area contributed by atoms with E-state index in [2.05, 4.69) is 50.8 Å². The van der Waals surface area contributed by atoms with Gasteiger partial charge in [-0.15, -0.1) is 0 Å². The summed E-state index contributed by atoms with van der Waals surface area (Å²) in [6.07, 6.45) is 0. The predicted octanol–water partition coefficient (Wildman–Crippen LogP) is 2.69. The molecule has 0 saturated carbocycles. The minimum Gasteiger partial charge on any atom is -0.378 e. The van der Waals surface area contributed by atoms with Crippen LogP contribution in [0.3, 0.4) is 0 Å². The van der Waals surface area contributed by atoms with Crippen molar-refractivity contribution in [2.45, 2.75) is 20.8 Å². The number of hydrogen-bond donors (Lipinski definition) is 0. The van der Waals surface area contributed by atoms with Crippen molar-refractivity contribution in [3.63, 3.8) is 0 Å². The molecule has 1 aliphatic rings. The number of hydrogen-bond acceptors (Lipinski definition) is 1. The van der Waals surface area contributed by atoms with Gasteiger partial charge in [0.05, 0.1) is 18.6 Å². The first-order valence-electron chi connectivity index (χ1n) is 5.27. The van der Waals surface area contributed by atoms with E-state index >= 15 is 0 Å². The van der Waals surface area contributed by atoms with Crippen LogP contribution in [0, 0.1) is 31.1 Å². The van der Waals surface area contributed by atoms with Crippen LogP contribution in [0.25, 0.3) is 0 Å². The van der Waals surface area contributed by atoms with Crippen LogP contribution < -0.4 is 0 Å². The van der Waals surface area contributed by atoms with Crippen LogP contribution in [0.5, 0.6) is 0 Å². The molecule has 78 valence electrons. The molecule has 1 saturated heterocycles. The Morgan fingerprint density at radius 1 is 1.13 bits per heavy atom. The van der Waals surface area contributed by atoms with E-state index in [9.17, 15) is 0 Å². The zero-order valence-corrected chi connectivity index (χ0v) is 9.55. The predicted molar refractivity (Wildman–Crippen MR) is 61.7 cm³/mol. The maximum Gasteiger partial charge on any atom is 0.0756 e. The quantitative estimate of drug-likeness (QED) is 0.585. The van der Waals surface area contributed by atoms with Crippen molar-refractivity contribution in [2.75, 3.05) is 13.2 Å². The number of aryl methyl sites for hydroxylation is 2. The maximum absolute atomic E-state index is 5.17. The van der Waals surface area contributed by atoms with Gasteiger partial charge >= 0.3 is 0 Å². The van der Waals surface area contributed by atoms with Gasteiger partial charge in [-0.2, -0.15) is 0 Å². The molecule has 1 nitrogen and oxygen atoms in total. The summed E-state index contributed by atoms with van der Waals surface area (Å²) >= 11 is 0. The summed E-state index contributed by atoms with van der Waals surface area (Å²) in [5.74, 6) is 6.53. The third-order valence-electron chi connectivity index (χ3n) is 2.57. The topological polar surface area (TPSA) is 9.23 Å². The average molecular weight is 200 g/mol. The lowest BCUT2D eigenvalue weighted by Crippen LogP contribution is -2.38. The molecule has 0 N–H and O–H groups in total. The molecule has 0 amide bonds. The molecule has 0 aliphatic carbocycles. The molecular formula is C14H16O. The minimum atomic E-state index is 0.0810. The molecule has 1 fully saturated rings. The molecule has 1 heterocycles. The van der Waals surface area contributed by atoms with E-state index in [4.69, 9.17) is 4.74 Å². The molecule has 0 bridgehead atoms. The summed E-state index contributed by atoms with van der Waals surface area (Å²) < 4.78 is 5.17. The smallest absolute Gasteiger partial charge is 0.0756 e. The van der Waals surface area contributed by atoms with E-state index in [1.54, 1.807) is 0 Å². The zero-order chi connectivity index (χ0) is 10.9. The standard InChI is InChI=1S/C14H16O/c1-11-6-12(2)8-13(7-11)4-5-14(3)9-15-10-14/h6-8H,9-10H2,1-3H3. The second kappa shape index (κ2) is 3.72. The minimum absolute atomic E-state index is 0.0810. The summed E-state index contributed by atoms with van der Waals surface area (Å²) in [4.78, 5) is 0. The van der Waals surface area contributed by atoms with Gasteiger partial charge in [-0.1, -0.05) is 17.9 Å². The molecule has 0 aromatic heterocycles. The lowest BCUT2D eigenvalue weighted by molar-refractivity contribution is -0.0648. The molecule has 0 atom stereocenters. The van der Waals surface area contributed by atoms with E-state index < -0.39 is 0 Å². The summed E-state index contributed by atoms with van der Waals surface area (Å²) in [5, 5.41) is 0. The largest absolute Gasteiger partial charge is 0.378 e. The van der Waals surface area contributed by atoms with Crippen LogP contribution in [-0.4, -0.2) is 13.2 Å². The van der Waals surface area contributed by atoms with Gasteiger partial charge in [0.25, 0.3) is 0 Å². The monoisotopic (exact) mass is 200 g/mol. The third-order valence-corrected chi connectivity index (χ3v) is 2.57. The lowest BCUT2D eigenvalue weighted by Gasteiger charge is -2.32. The van der Waals surface area contributed by atoms with Crippen molar-refractivity contribution in [1.29, 1.82) is 0 Å². The number of rotatable bonds is 0. The van der Waals surface area contributed by atoms with Crippen LogP contribution in [-0.2, 0) is 4.74 Å². The summed E-state index contributed by atoms with van der Waals surface area (Å²) in [6.45, 7) is 7.89. The fraction of sp³-hybridized carbons (Fsp3) is 0.429. The number of benzene rings is 1. The van der Waals surface area contributed by atoms with Crippen molar-refractivity contribution in [3.8, 4) is 11.8 Å². The average Bonchev–Trinajstić information content (AvgIpc) is 2.10. The molecule has 0 spiro atoms. The van der Waals surface area contributed by atoms with E-state index in [1.807, 2.05) is 0 Å². The normalized spacial score (nSPS) is 17.5. The van der Waals surface area contributed by atoms with Gasteiger partial charge in [-0.3, -0.25) is 0 Å². The highest BCUT2D eigenvalue weighted by Crippen LogP contribution is 2.25. The van der Waals surface area contributed by atoms with E-state index in [0.29, 0.717) is 0 Å². The Morgan fingerprint density at radius 3 is 2.20 bits per heavy atom. The van der Waals surface area contributed by atoms with Crippen LogP contribution in [0.1, 0.15) is 23.6 Å². The van der Waals surface area contributed by atoms with Crippen molar-refractivity contribution in [1.82, 2.24) is 0 Å². The Labute approximate surface area is 91.5 Å². The van der Waals surface area contributed by atoms with Crippen LogP contribution >= 0.6 is 0 Å². The van der Waals surface area contributed by atoms with Gasteiger partial charge in [0.15, 0.2) is 0 Å². The van der Waals surface area contributed by atoms with Gasteiger partial charge in [0.2, 0.25) is 0 Å². The van der Waals surface area contributed by atoms with Gasteiger partial charge in [0, 0.05) is 5.56 Å². The van der Waals surface area contributed by atoms with Gasteiger partial charge < -0.3 is 4.74 Å². The van der Waals surface area contributed by atoms with E-state index in [1.165, 1.54) is 11.1 Å².